The number of hydrogen-bond acceptors (Lipinski definition) is 5. The van der Waals surface area contributed by atoms with Gasteiger partial charge in [-0.15, -0.1) is 0 Å². The van der Waals surface area contributed by atoms with Crippen LogP contribution in [0.4, 0.5) is 5.69 Å². The first-order valence-corrected chi connectivity index (χ1v) is 12.2. The number of carbonyl (C=O) groups is 1. The third-order valence-corrected chi connectivity index (χ3v) is 7.13. The second-order valence-corrected chi connectivity index (χ2v) is 9.58. The largest absolute Gasteiger partial charge is 0.494 e. The Hall–Kier alpha value is -3.52. The van der Waals surface area contributed by atoms with Crippen molar-refractivity contribution in [3.05, 3.63) is 83.9 Å². The summed E-state index contributed by atoms with van der Waals surface area (Å²) >= 11 is 0. The molecule has 1 atom stereocenters. The summed E-state index contributed by atoms with van der Waals surface area (Å²) < 4.78 is 39.4. The molecular weight excluding hydrogens is 440 g/mol. The van der Waals surface area contributed by atoms with Crippen molar-refractivity contribution in [3.8, 4) is 11.5 Å². The van der Waals surface area contributed by atoms with Gasteiger partial charge in [0.15, 0.2) is 6.10 Å². The number of aryl methyl sites for hydroxylation is 1. The predicted octanol–water partition coefficient (Wildman–Crippen LogP) is 3.67. The molecule has 1 aliphatic heterocycles. The van der Waals surface area contributed by atoms with Crippen LogP contribution in [0.1, 0.15) is 18.1 Å². The van der Waals surface area contributed by atoms with Crippen molar-refractivity contribution in [2.75, 3.05) is 17.5 Å². The summed E-state index contributed by atoms with van der Waals surface area (Å²) in [5.41, 5.74) is 2.27. The van der Waals surface area contributed by atoms with Crippen LogP contribution in [-0.4, -0.2) is 33.6 Å². The van der Waals surface area contributed by atoms with Crippen molar-refractivity contribution >= 4 is 21.6 Å². The van der Waals surface area contributed by atoms with E-state index in [9.17, 15) is 13.2 Å². The van der Waals surface area contributed by atoms with E-state index in [1.165, 1.54) is 4.31 Å². The Bertz CT molecular complexity index is 1220. The zero-order chi connectivity index (χ0) is 23.4. The monoisotopic (exact) mass is 466 g/mol. The average Bonchev–Trinajstić information content (AvgIpc) is 2.83. The van der Waals surface area contributed by atoms with Gasteiger partial charge >= 0.3 is 0 Å². The first-order chi connectivity index (χ1) is 15.9. The molecule has 0 spiro atoms. The lowest BCUT2D eigenvalue weighted by Crippen LogP contribution is -2.50. The van der Waals surface area contributed by atoms with Crippen LogP contribution in [0.2, 0.25) is 0 Å². The lowest BCUT2D eigenvalue weighted by atomic mass is 10.2. The zero-order valence-electron chi connectivity index (χ0n) is 18.5. The molecule has 0 saturated carbocycles. The van der Waals surface area contributed by atoms with Gasteiger partial charge in [-0.05, 0) is 55.8 Å². The molecule has 3 aromatic rings. The molecule has 4 rings (SSSR count). The number of anilines is 1. The second-order valence-electron chi connectivity index (χ2n) is 7.72. The first kappa shape index (κ1) is 22.7. The molecule has 172 valence electrons. The smallest absolute Gasteiger partial charge is 0.264 e. The minimum absolute atomic E-state index is 0.123. The molecule has 0 aliphatic carbocycles. The Morgan fingerprint density at radius 3 is 2.45 bits per heavy atom. The Balaban J connectivity index is 1.53. The van der Waals surface area contributed by atoms with Gasteiger partial charge in [-0.25, -0.2) is 8.42 Å². The van der Waals surface area contributed by atoms with Gasteiger partial charge in [0.1, 0.15) is 11.5 Å². The van der Waals surface area contributed by atoms with Gasteiger partial charge in [-0.3, -0.25) is 9.10 Å². The number of fused-ring (bicyclic) bond motifs is 1. The maximum Gasteiger partial charge on any atom is 0.264 e. The Morgan fingerprint density at radius 2 is 1.76 bits per heavy atom. The van der Waals surface area contributed by atoms with E-state index in [4.69, 9.17) is 9.47 Å². The summed E-state index contributed by atoms with van der Waals surface area (Å²) in [5, 5.41) is 2.84. The number of sulfonamides is 1. The van der Waals surface area contributed by atoms with Crippen LogP contribution in [0.5, 0.6) is 11.5 Å². The molecule has 1 N–H and O–H groups in total. The molecule has 33 heavy (non-hydrogen) atoms. The van der Waals surface area contributed by atoms with E-state index in [0.29, 0.717) is 18.0 Å². The summed E-state index contributed by atoms with van der Waals surface area (Å²) in [6, 6.07) is 20.9. The van der Waals surface area contributed by atoms with Gasteiger partial charge in [-0.2, -0.15) is 0 Å². The van der Waals surface area contributed by atoms with E-state index >= 15 is 0 Å². The van der Waals surface area contributed by atoms with Crippen molar-refractivity contribution in [2.45, 2.75) is 31.4 Å². The van der Waals surface area contributed by atoms with E-state index in [2.05, 4.69) is 5.32 Å². The number of amides is 1. The molecule has 1 aliphatic rings. The number of hydrogen-bond donors (Lipinski definition) is 1. The van der Waals surface area contributed by atoms with Gasteiger partial charge in [0, 0.05) is 6.54 Å². The van der Waals surface area contributed by atoms with Crippen molar-refractivity contribution in [2.24, 2.45) is 0 Å². The topological polar surface area (TPSA) is 84.9 Å². The molecule has 1 heterocycles. The second kappa shape index (κ2) is 9.54. The maximum absolute atomic E-state index is 13.4. The molecular formula is C25H26N2O5S. The van der Waals surface area contributed by atoms with Crippen molar-refractivity contribution in [1.82, 2.24) is 5.32 Å². The minimum atomic E-state index is -3.88. The highest BCUT2D eigenvalue weighted by atomic mass is 32.2. The number of para-hydroxylation sites is 2. The molecule has 8 heteroatoms. The summed E-state index contributed by atoms with van der Waals surface area (Å²) in [4.78, 5) is 13.1. The minimum Gasteiger partial charge on any atom is -0.494 e. The summed E-state index contributed by atoms with van der Waals surface area (Å²) in [6.45, 7) is 4.56. The third kappa shape index (κ3) is 4.96. The maximum atomic E-state index is 13.4. The number of benzene rings is 3. The van der Waals surface area contributed by atoms with Crippen LogP contribution >= 0.6 is 0 Å². The van der Waals surface area contributed by atoms with Crippen LogP contribution in [0.3, 0.4) is 0 Å². The van der Waals surface area contributed by atoms with Crippen molar-refractivity contribution < 1.29 is 22.7 Å². The predicted molar refractivity (Wildman–Crippen MR) is 126 cm³/mol. The van der Waals surface area contributed by atoms with E-state index in [1.807, 2.05) is 38.1 Å². The third-order valence-electron chi connectivity index (χ3n) is 5.34. The Morgan fingerprint density at radius 1 is 1.06 bits per heavy atom. The number of ether oxygens (including phenoxy) is 2. The van der Waals surface area contributed by atoms with Crippen LogP contribution in [0, 0.1) is 6.92 Å². The van der Waals surface area contributed by atoms with Crippen LogP contribution in [0.25, 0.3) is 0 Å². The Labute approximate surface area is 194 Å². The molecule has 0 saturated heterocycles. The fraction of sp³-hybridized carbons (Fsp3) is 0.240. The summed E-state index contributed by atoms with van der Waals surface area (Å²) in [7, 11) is -3.88. The molecule has 3 aromatic carbocycles. The lowest BCUT2D eigenvalue weighted by Gasteiger charge is -2.34. The molecule has 1 amide bonds. The number of carbonyl (C=O) groups excluding carboxylic acids is 1. The SMILES string of the molecule is CCOc1ccc(CNC(=O)[C@@H]2CN(S(=O)(=O)c3ccc(C)cc3)c3ccccc3O2)cc1. The molecule has 0 unspecified atom stereocenters. The highest BCUT2D eigenvalue weighted by Gasteiger charge is 2.37. The van der Waals surface area contributed by atoms with Gasteiger partial charge in [0.05, 0.1) is 23.7 Å². The highest BCUT2D eigenvalue weighted by molar-refractivity contribution is 7.92. The van der Waals surface area contributed by atoms with E-state index in [1.54, 1.807) is 48.5 Å². The first-order valence-electron chi connectivity index (χ1n) is 10.7. The number of nitrogens with zero attached hydrogens (tertiary/aromatic N) is 1. The normalized spacial score (nSPS) is 15.3. The lowest BCUT2D eigenvalue weighted by molar-refractivity contribution is -0.127. The van der Waals surface area contributed by atoms with Gasteiger partial charge in [0.25, 0.3) is 15.9 Å². The highest BCUT2D eigenvalue weighted by Crippen LogP contribution is 2.36. The standard InChI is InChI=1S/C25H26N2O5S/c1-3-31-20-12-10-19(11-13-20)16-26-25(28)24-17-27(22-6-4-5-7-23(22)32-24)33(29,30)21-14-8-18(2)9-15-21/h4-15,24H,3,16-17H2,1-2H3,(H,26,28)/t24-/m0/s1. The fourth-order valence-corrected chi connectivity index (χ4v) is 5.05. The molecule has 7 nitrogen and oxygen atoms in total. The molecule has 0 aromatic heterocycles. The summed E-state index contributed by atoms with van der Waals surface area (Å²) in [6.07, 6.45) is -0.983. The summed E-state index contributed by atoms with van der Waals surface area (Å²) in [5.74, 6) is 0.722. The van der Waals surface area contributed by atoms with E-state index in [0.717, 1.165) is 16.9 Å². The molecule has 0 bridgehead atoms. The van der Waals surface area contributed by atoms with Crippen LogP contribution < -0.4 is 19.1 Å². The quantitative estimate of drug-likeness (QED) is 0.574. The molecule has 0 fully saturated rings. The number of rotatable bonds is 7. The van der Waals surface area contributed by atoms with Crippen LogP contribution in [-0.2, 0) is 21.4 Å². The number of nitrogens with one attached hydrogen (secondary N) is 1. The fourth-order valence-electron chi connectivity index (χ4n) is 3.58. The van der Waals surface area contributed by atoms with E-state index in [-0.39, 0.29) is 23.9 Å². The van der Waals surface area contributed by atoms with Gasteiger partial charge in [0.2, 0.25) is 0 Å². The van der Waals surface area contributed by atoms with Crippen molar-refractivity contribution in [3.63, 3.8) is 0 Å². The van der Waals surface area contributed by atoms with Gasteiger partial charge < -0.3 is 14.8 Å². The Kier molecular flexibility index (Phi) is 6.55. The van der Waals surface area contributed by atoms with Crippen LogP contribution in [0.15, 0.2) is 77.7 Å². The molecule has 0 radical (unpaired) electrons. The zero-order valence-corrected chi connectivity index (χ0v) is 19.3. The van der Waals surface area contributed by atoms with E-state index < -0.39 is 16.1 Å². The average molecular weight is 467 g/mol. The van der Waals surface area contributed by atoms with Gasteiger partial charge in [-0.1, -0.05) is 42.0 Å². The van der Waals surface area contributed by atoms with Crippen molar-refractivity contribution in [1.29, 1.82) is 0 Å².